The molecule has 0 bridgehead atoms. The molecule has 0 radical (unpaired) electrons. The summed E-state index contributed by atoms with van der Waals surface area (Å²) in [5.74, 6) is 0.208. The fraction of sp³-hybridized carbons (Fsp3) is 0.529. The van der Waals surface area contributed by atoms with E-state index < -0.39 is 0 Å². The Balaban J connectivity index is 1.60. The van der Waals surface area contributed by atoms with Crippen LogP contribution in [0.3, 0.4) is 0 Å². The average Bonchev–Trinajstić information content (AvgIpc) is 3.27. The third kappa shape index (κ3) is 4.62. The second-order valence-electron chi connectivity index (χ2n) is 5.90. The van der Waals surface area contributed by atoms with Gasteiger partial charge in [0, 0.05) is 31.0 Å². The average molecular weight is 351 g/mol. The van der Waals surface area contributed by atoms with Crippen molar-refractivity contribution in [2.24, 2.45) is 0 Å². The number of hydrogen-bond donors (Lipinski definition) is 0. The fourth-order valence-electron chi connectivity index (χ4n) is 2.84. The van der Waals surface area contributed by atoms with Crippen molar-refractivity contribution >= 4 is 28.6 Å². The van der Waals surface area contributed by atoms with Crippen molar-refractivity contribution in [2.75, 3.05) is 13.2 Å². The number of nitrogens with zero attached hydrogens (tertiary/aromatic N) is 2. The topological polar surface area (TPSA) is 42.4 Å². The Kier molecular flexibility index (Phi) is 5.80. The Morgan fingerprint density at radius 1 is 1.52 bits per heavy atom. The van der Waals surface area contributed by atoms with E-state index in [1.165, 1.54) is 10.4 Å². The molecule has 1 aliphatic heterocycles. The second kappa shape index (κ2) is 8.04. The van der Waals surface area contributed by atoms with Gasteiger partial charge in [0.1, 0.15) is 0 Å². The fourth-order valence-corrected chi connectivity index (χ4v) is 4.28. The van der Waals surface area contributed by atoms with Crippen LogP contribution in [0.1, 0.15) is 35.4 Å². The Morgan fingerprint density at radius 2 is 2.43 bits per heavy atom. The summed E-state index contributed by atoms with van der Waals surface area (Å²) in [6, 6.07) is 2.09. The summed E-state index contributed by atoms with van der Waals surface area (Å²) >= 11 is 3.31. The lowest BCUT2D eigenvalue weighted by Gasteiger charge is -2.25. The van der Waals surface area contributed by atoms with Crippen LogP contribution in [0.2, 0.25) is 0 Å². The maximum atomic E-state index is 12.7. The molecule has 1 saturated heterocycles. The van der Waals surface area contributed by atoms with Crippen molar-refractivity contribution < 1.29 is 9.53 Å². The molecule has 1 fully saturated rings. The van der Waals surface area contributed by atoms with E-state index in [-0.39, 0.29) is 12.0 Å². The molecule has 124 valence electrons. The van der Waals surface area contributed by atoms with Gasteiger partial charge in [-0.3, -0.25) is 4.79 Å². The van der Waals surface area contributed by atoms with Crippen LogP contribution in [0.5, 0.6) is 0 Å². The predicted octanol–water partition coefficient (Wildman–Crippen LogP) is 3.65. The van der Waals surface area contributed by atoms with Gasteiger partial charge in [0.05, 0.1) is 17.3 Å². The molecule has 0 spiro atoms. The molecule has 3 rings (SSSR count). The molecule has 2 aromatic heterocycles. The van der Waals surface area contributed by atoms with Gasteiger partial charge in [-0.2, -0.15) is 11.3 Å². The summed E-state index contributed by atoms with van der Waals surface area (Å²) in [5, 5.41) is 4.17. The van der Waals surface area contributed by atoms with E-state index in [0.717, 1.165) is 31.6 Å². The van der Waals surface area contributed by atoms with Gasteiger partial charge >= 0.3 is 0 Å². The van der Waals surface area contributed by atoms with Gasteiger partial charge in [0.25, 0.3) is 0 Å². The standard InChI is InChI=1S/C17H22N2O2S2/c1-13-16(23-12-18-13)4-5-17(20)19(9-14-6-8-22-11-14)10-15-3-2-7-21-15/h6,8,11-12,15H,2-5,7,9-10H2,1H3/t15-/m0/s1. The molecule has 2 aromatic rings. The Hall–Kier alpha value is -1.24. The second-order valence-corrected chi connectivity index (χ2v) is 7.62. The van der Waals surface area contributed by atoms with E-state index in [2.05, 4.69) is 21.8 Å². The zero-order valence-corrected chi connectivity index (χ0v) is 15.0. The lowest BCUT2D eigenvalue weighted by Crippen LogP contribution is -2.37. The van der Waals surface area contributed by atoms with E-state index in [1.807, 2.05) is 17.3 Å². The molecule has 23 heavy (non-hydrogen) atoms. The molecule has 3 heterocycles. The number of ether oxygens (including phenoxy) is 1. The predicted molar refractivity (Wildman–Crippen MR) is 93.9 cm³/mol. The number of carbonyl (C=O) groups excluding carboxylic acids is 1. The van der Waals surface area contributed by atoms with Crippen molar-refractivity contribution in [3.8, 4) is 0 Å². The number of thiophene rings is 1. The van der Waals surface area contributed by atoms with Gasteiger partial charge in [-0.15, -0.1) is 11.3 Å². The molecule has 6 heteroatoms. The summed E-state index contributed by atoms with van der Waals surface area (Å²) in [5.41, 5.74) is 4.10. The first-order chi connectivity index (χ1) is 11.2. The van der Waals surface area contributed by atoms with Crippen LogP contribution >= 0.6 is 22.7 Å². The normalized spacial score (nSPS) is 17.5. The first kappa shape index (κ1) is 16.6. The third-order valence-corrected chi connectivity index (χ3v) is 5.89. The van der Waals surface area contributed by atoms with Crippen molar-refractivity contribution in [3.05, 3.63) is 38.5 Å². The number of carbonyl (C=O) groups is 1. The zero-order chi connectivity index (χ0) is 16.1. The first-order valence-corrected chi connectivity index (χ1v) is 9.84. The Morgan fingerprint density at radius 3 is 3.09 bits per heavy atom. The van der Waals surface area contributed by atoms with E-state index in [9.17, 15) is 4.79 Å². The summed E-state index contributed by atoms with van der Waals surface area (Å²) in [6.45, 7) is 4.22. The van der Waals surface area contributed by atoms with Gasteiger partial charge in [-0.25, -0.2) is 4.98 Å². The highest BCUT2D eigenvalue weighted by Gasteiger charge is 2.23. The van der Waals surface area contributed by atoms with Crippen LogP contribution in [0.25, 0.3) is 0 Å². The highest BCUT2D eigenvalue weighted by molar-refractivity contribution is 7.09. The van der Waals surface area contributed by atoms with Crippen molar-refractivity contribution in [1.82, 2.24) is 9.88 Å². The summed E-state index contributed by atoms with van der Waals surface area (Å²) in [6.07, 6.45) is 3.68. The van der Waals surface area contributed by atoms with Crippen LogP contribution in [-0.4, -0.2) is 35.0 Å². The molecule has 0 N–H and O–H groups in total. The van der Waals surface area contributed by atoms with Crippen LogP contribution in [0, 0.1) is 6.92 Å². The Bertz CT molecular complexity index is 618. The lowest BCUT2D eigenvalue weighted by atomic mass is 10.1. The smallest absolute Gasteiger partial charge is 0.223 e. The van der Waals surface area contributed by atoms with Gasteiger partial charge < -0.3 is 9.64 Å². The van der Waals surface area contributed by atoms with Crippen molar-refractivity contribution in [2.45, 2.75) is 45.3 Å². The first-order valence-electron chi connectivity index (χ1n) is 8.02. The minimum absolute atomic E-state index is 0.197. The minimum Gasteiger partial charge on any atom is -0.376 e. The van der Waals surface area contributed by atoms with Gasteiger partial charge in [-0.1, -0.05) is 0 Å². The number of rotatable bonds is 7. The van der Waals surface area contributed by atoms with Crippen LogP contribution < -0.4 is 0 Å². The number of aryl methyl sites for hydroxylation is 2. The molecule has 4 nitrogen and oxygen atoms in total. The van der Waals surface area contributed by atoms with Crippen LogP contribution in [0.4, 0.5) is 0 Å². The summed E-state index contributed by atoms with van der Waals surface area (Å²) < 4.78 is 5.72. The van der Waals surface area contributed by atoms with E-state index in [0.29, 0.717) is 19.5 Å². The van der Waals surface area contributed by atoms with Gasteiger partial charge in [0.2, 0.25) is 5.91 Å². The third-order valence-electron chi connectivity index (χ3n) is 4.17. The van der Waals surface area contributed by atoms with Gasteiger partial charge in [0.15, 0.2) is 0 Å². The maximum Gasteiger partial charge on any atom is 0.223 e. The molecule has 0 aliphatic carbocycles. The molecule has 1 aliphatic rings. The monoisotopic (exact) mass is 350 g/mol. The quantitative estimate of drug-likeness (QED) is 0.765. The maximum absolute atomic E-state index is 12.7. The van der Waals surface area contributed by atoms with E-state index in [4.69, 9.17) is 4.74 Å². The summed E-state index contributed by atoms with van der Waals surface area (Å²) in [4.78, 5) is 20.2. The molecular weight excluding hydrogens is 328 g/mol. The van der Waals surface area contributed by atoms with E-state index in [1.54, 1.807) is 22.7 Å². The highest BCUT2D eigenvalue weighted by atomic mass is 32.1. The largest absolute Gasteiger partial charge is 0.376 e. The van der Waals surface area contributed by atoms with E-state index >= 15 is 0 Å². The number of thiazole rings is 1. The molecular formula is C17H22N2O2S2. The minimum atomic E-state index is 0.197. The molecule has 0 aromatic carbocycles. The molecule has 1 amide bonds. The molecule has 0 unspecified atom stereocenters. The zero-order valence-electron chi connectivity index (χ0n) is 13.4. The number of amides is 1. The summed E-state index contributed by atoms with van der Waals surface area (Å²) in [7, 11) is 0. The van der Waals surface area contributed by atoms with Gasteiger partial charge in [-0.05, 0) is 48.6 Å². The van der Waals surface area contributed by atoms with Crippen LogP contribution in [-0.2, 0) is 22.5 Å². The van der Waals surface area contributed by atoms with Crippen LogP contribution in [0.15, 0.2) is 22.3 Å². The SMILES string of the molecule is Cc1ncsc1CCC(=O)N(Cc1ccsc1)C[C@@H]1CCCO1. The Labute approximate surface area is 145 Å². The molecule has 0 saturated carbocycles. The highest BCUT2D eigenvalue weighted by Crippen LogP contribution is 2.19. The molecule has 1 atom stereocenters. The lowest BCUT2D eigenvalue weighted by molar-refractivity contribution is -0.133. The van der Waals surface area contributed by atoms with Crippen molar-refractivity contribution in [3.63, 3.8) is 0 Å². The van der Waals surface area contributed by atoms with Crippen molar-refractivity contribution in [1.29, 1.82) is 0 Å². The number of hydrogen-bond acceptors (Lipinski definition) is 5. The number of aromatic nitrogens is 1.